The van der Waals surface area contributed by atoms with Crippen LogP contribution in [0.25, 0.3) is 0 Å². The molecule has 0 aliphatic carbocycles. The van der Waals surface area contributed by atoms with Gasteiger partial charge in [-0.05, 0) is 59.2 Å². The molecular formula is C9H10I. The fraction of sp³-hybridized carbons (Fsp3) is 0.222. The van der Waals surface area contributed by atoms with Gasteiger partial charge in [0.05, 0.1) is 0 Å². The number of rotatable bonds is 1. The number of aryl methyl sites for hydroxylation is 1. The van der Waals surface area contributed by atoms with E-state index < -0.39 is 0 Å². The van der Waals surface area contributed by atoms with Gasteiger partial charge in [-0.3, -0.25) is 0 Å². The zero-order valence-electron chi connectivity index (χ0n) is 6.02. The third kappa shape index (κ3) is 1.97. The van der Waals surface area contributed by atoms with E-state index in [1.807, 2.05) is 0 Å². The molecule has 0 nitrogen and oxygen atoms in total. The van der Waals surface area contributed by atoms with Crippen molar-refractivity contribution in [2.75, 3.05) is 0 Å². The fourth-order valence-electron chi connectivity index (χ4n) is 0.921. The van der Waals surface area contributed by atoms with Crippen molar-refractivity contribution in [2.45, 2.75) is 13.3 Å². The first-order valence-electron chi connectivity index (χ1n) is 3.34. The Morgan fingerprint density at radius 3 is 2.60 bits per heavy atom. The van der Waals surface area contributed by atoms with Gasteiger partial charge in [-0.2, -0.15) is 0 Å². The normalized spacial score (nSPS) is 9.90. The van der Waals surface area contributed by atoms with Gasteiger partial charge < -0.3 is 0 Å². The van der Waals surface area contributed by atoms with Crippen LogP contribution in [0.5, 0.6) is 0 Å². The largest absolute Gasteiger partial charge is 0.0613 e. The summed E-state index contributed by atoms with van der Waals surface area (Å²) in [4.78, 5) is 0. The van der Waals surface area contributed by atoms with Gasteiger partial charge in [0.25, 0.3) is 0 Å². The summed E-state index contributed by atoms with van der Waals surface area (Å²) in [6.45, 7) is 6.04. The second-order valence-electron chi connectivity index (χ2n) is 2.32. The highest BCUT2D eigenvalue weighted by Gasteiger charge is 1.92. The fourth-order valence-corrected chi connectivity index (χ4v) is 1.72. The summed E-state index contributed by atoms with van der Waals surface area (Å²) in [6.07, 6.45) is 1.10. The van der Waals surface area contributed by atoms with Crippen molar-refractivity contribution >= 4 is 22.6 Å². The van der Waals surface area contributed by atoms with Crippen molar-refractivity contribution < 1.29 is 0 Å². The standard InChI is InChI=1S/C9H10I/c1-3-8-4-7(2)5-9(10)6-8/h4-6H,2-3H2,1H3. The molecule has 0 aromatic heterocycles. The second kappa shape index (κ2) is 3.37. The summed E-state index contributed by atoms with van der Waals surface area (Å²) in [5.74, 6) is 0. The van der Waals surface area contributed by atoms with Gasteiger partial charge in [-0.25, -0.2) is 0 Å². The molecule has 0 bridgehead atoms. The van der Waals surface area contributed by atoms with E-state index in [4.69, 9.17) is 0 Å². The molecule has 0 aliphatic heterocycles. The maximum atomic E-state index is 3.89. The Bertz CT molecular complexity index is 208. The van der Waals surface area contributed by atoms with E-state index in [9.17, 15) is 0 Å². The molecule has 1 radical (unpaired) electrons. The minimum atomic E-state index is 1.10. The van der Waals surface area contributed by atoms with Crippen LogP contribution in [0.1, 0.15) is 18.1 Å². The van der Waals surface area contributed by atoms with E-state index in [-0.39, 0.29) is 0 Å². The van der Waals surface area contributed by atoms with Crippen molar-refractivity contribution in [2.24, 2.45) is 0 Å². The summed E-state index contributed by atoms with van der Waals surface area (Å²) in [5.41, 5.74) is 2.49. The van der Waals surface area contributed by atoms with E-state index in [1.165, 1.54) is 9.13 Å². The zero-order valence-corrected chi connectivity index (χ0v) is 8.18. The molecule has 1 rings (SSSR count). The van der Waals surface area contributed by atoms with Crippen LogP contribution in [0.2, 0.25) is 0 Å². The molecule has 1 aromatic carbocycles. The predicted molar refractivity (Wildman–Crippen MR) is 53.0 cm³/mol. The Labute approximate surface area is 75.8 Å². The first-order valence-corrected chi connectivity index (χ1v) is 4.41. The van der Waals surface area contributed by atoms with Crippen LogP contribution in [0.4, 0.5) is 0 Å². The average molecular weight is 245 g/mol. The molecule has 0 fully saturated rings. The van der Waals surface area contributed by atoms with Crippen LogP contribution < -0.4 is 0 Å². The van der Waals surface area contributed by atoms with E-state index in [0.29, 0.717) is 0 Å². The highest BCUT2D eigenvalue weighted by Crippen LogP contribution is 2.11. The monoisotopic (exact) mass is 245 g/mol. The van der Waals surface area contributed by atoms with Crippen LogP contribution in [-0.2, 0) is 6.42 Å². The van der Waals surface area contributed by atoms with Crippen LogP contribution in [0.15, 0.2) is 18.2 Å². The zero-order chi connectivity index (χ0) is 7.56. The molecule has 0 heterocycles. The first-order chi connectivity index (χ1) is 4.72. The SMILES string of the molecule is [CH2]c1cc(I)cc(CC)c1. The van der Waals surface area contributed by atoms with E-state index in [1.54, 1.807) is 0 Å². The molecule has 0 spiro atoms. The predicted octanol–water partition coefficient (Wildman–Crippen LogP) is 3.04. The average Bonchev–Trinajstić information content (AvgIpc) is 1.85. The second-order valence-corrected chi connectivity index (χ2v) is 3.57. The van der Waals surface area contributed by atoms with Gasteiger partial charge in [-0.15, -0.1) is 0 Å². The van der Waals surface area contributed by atoms with E-state index >= 15 is 0 Å². The Morgan fingerprint density at radius 2 is 2.10 bits per heavy atom. The lowest BCUT2D eigenvalue weighted by Crippen LogP contribution is -1.83. The topological polar surface area (TPSA) is 0 Å². The van der Waals surface area contributed by atoms with Gasteiger partial charge >= 0.3 is 0 Å². The Morgan fingerprint density at radius 1 is 1.40 bits per heavy atom. The van der Waals surface area contributed by atoms with Gasteiger partial charge in [0.15, 0.2) is 0 Å². The quantitative estimate of drug-likeness (QED) is 0.667. The maximum absolute atomic E-state index is 3.89. The number of halogens is 1. The van der Waals surface area contributed by atoms with E-state index in [2.05, 4.69) is 54.6 Å². The van der Waals surface area contributed by atoms with Crippen molar-refractivity contribution in [1.29, 1.82) is 0 Å². The summed E-state index contributed by atoms with van der Waals surface area (Å²) >= 11 is 2.31. The van der Waals surface area contributed by atoms with Crippen LogP contribution in [-0.4, -0.2) is 0 Å². The molecule has 0 atom stereocenters. The number of hydrogen-bond donors (Lipinski definition) is 0. The van der Waals surface area contributed by atoms with Crippen molar-refractivity contribution in [1.82, 2.24) is 0 Å². The Balaban J connectivity index is 3.06. The van der Waals surface area contributed by atoms with Crippen LogP contribution in [0.3, 0.4) is 0 Å². The molecule has 0 amide bonds. The lowest BCUT2D eigenvalue weighted by molar-refractivity contribution is 1.13. The first kappa shape index (κ1) is 8.05. The molecule has 0 saturated heterocycles. The molecule has 1 aromatic rings. The third-order valence-electron chi connectivity index (χ3n) is 1.43. The highest BCUT2D eigenvalue weighted by atomic mass is 127. The van der Waals surface area contributed by atoms with Crippen molar-refractivity contribution in [3.63, 3.8) is 0 Å². The lowest BCUT2D eigenvalue weighted by atomic mass is 10.1. The molecule has 10 heavy (non-hydrogen) atoms. The molecule has 0 saturated carbocycles. The van der Waals surface area contributed by atoms with Crippen molar-refractivity contribution in [3.05, 3.63) is 39.8 Å². The van der Waals surface area contributed by atoms with Gasteiger partial charge in [0, 0.05) is 3.57 Å². The molecule has 0 aliphatic rings. The molecule has 1 heteroatoms. The number of benzene rings is 1. The Kier molecular flexibility index (Phi) is 2.72. The minimum Gasteiger partial charge on any atom is -0.0613 e. The molecular weight excluding hydrogens is 235 g/mol. The summed E-state index contributed by atoms with van der Waals surface area (Å²) in [5, 5.41) is 0. The maximum Gasteiger partial charge on any atom is 0.0135 e. The summed E-state index contributed by atoms with van der Waals surface area (Å²) in [6, 6.07) is 6.40. The van der Waals surface area contributed by atoms with E-state index in [0.717, 1.165) is 12.0 Å². The van der Waals surface area contributed by atoms with Crippen LogP contribution >= 0.6 is 22.6 Å². The van der Waals surface area contributed by atoms with Gasteiger partial charge in [-0.1, -0.05) is 13.0 Å². The molecule has 53 valence electrons. The smallest absolute Gasteiger partial charge is 0.0135 e. The highest BCUT2D eigenvalue weighted by molar-refractivity contribution is 14.1. The summed E-state index contributed by atoms with van der Waals surface area (Å²) in [7, 11) is 0. The number of hydrogen-bond acceptors (Lipinski definition) is 0. The van der Waals surface area contributed by atoms with Crippen LogP contribution in [0, 0.1) is 10.5 Å². The van der Waals surface area contributed by atoms with Gasteiger partial charge in [0.1, 0.15) is 0 Å². The van der Waals surface area contributed by atoms with Gasteiger partial charge in [0.2, 0.25) is 0 Å². The Hall–Kier alpha value is -0.0500. The lowest BCUT2D eigenvalue weighted by Gasteiger charge is -1.99. The third-order valence-corrected chi connectivity index (χ3v) is 2.05. The molecule has 0 unspecified atom stereocenters. The molecule has 0 N–H and O–H groups in total. The minimum absolute atomic E-state index is 1.10. The van der Waals surface area contributed by atoms with Crippen molar-refractivity contribution in [3.8, 4) is 0 Å². The summed E-state index contributed by atoms with van der Waals surface area (Å²) < 4.78 is 1.28.